The average molecular weight is 383 g/mol. The molecule has 0 bridgehead atoms. The van der Waals surface area contributed by atoms with Gasteiger partial charge in [-0.3, -0.25) is 4.57 Å². The van der Waals surface area contributed by atoms with Crippen LogP contribution in [0.3, 0.4) is 0 Å². The Hall–Kier alpha value is -2.87. The van der Waals surface area contributed by atoms with Gasteiger partial charge in [0.2, 0.25) is 0 Å². The SMILES string of the molecule is O=C(NCc1cccnc1-n1ccnc1)N[C@H]1CCSc2ccc(F)cc21. The molecule has 27 heavy (non-hydrogen) atoms. The number of amides is 2. The van der Waals surface area contributed by atoms with Crippen LogP contribution in [0.25, 0.3) is 5.82 Å². The highest BCUT2D eigenvalue weighted by Gasteiger charge is 2.23. The Bertz CT molecular complexity index is 947. The van der Waals surface area contributed by atoms with Crippen molar-refractivity contribution in [1.82, 2.24) is 25.2 Å². The van der Waals surface area contributed by atoms with Crippen LogP contribution in [0, 0.1) is 5.82 Å². The standard InChI is InChI=1S/C19H18FN5OS/c20-14-3-4-17-15(10-14)16(5-9-27-17)24-19(26)23-11-13-2-1-6-22-18(13)25-8-7-21-12-25/h1-4,6-8,10,12,16H,5,9,11H2,(H2,23,24,26)/t16-/m0/s1. The highest BCUT2D eigenvalue weighted by molar-refractivity contribution is 7.99. The number of aromatic nitrogens is 3. The van der Waals surface area contributed by atoms with Gasteiger partial charge in [0.15, 0.2) is 0 Å². The van der Waals surface area contributed by atoms with Gasteiger partial charge in [0.1, 0.15) is 18.0 Å². The van der Waals surface area contributed by atoms with Crippen molar-refractivity contribution in [2.75, 3.05) is 5.75 Å². The second-order valence-corrected chi connectivity index (χ2v) is 7.29. The second-order valence-electron chi connectivity index (χ2n) is 6.15. The van der Waals surface area contributed by atoms with Crippen molar-refractivity contribution in [3.8, 4) is 5.82 Å². The lowest BCUT2D eigenvalue weighted by Crippen LogP contribution is -2.38. The number of benzene rings is 1. The minimum absolute atomic E-state index is 0.195. The van der Waals surface area contributed by atoms with Gasteiger partial charge >= 0.3 is 6.03 Å². The fourth-order valence-electron chi connectivity index (χ4n) is 3.09. The number of hydrogen-bond donors (Lipinski definition) is 2. The zero-order valence-corrected chi connectivity index (χ0v) is 15.2. The van der Waals surface area contributed by atoms with Gasteiger partial charge in [-0.2, -0.15) is 0 Å². The van der Waals surface area contributed by atoms with Crippen LogP contribution in [0.4, 0.5) is 9.18 Å². The van der Waals surface area contributed by atoms with E-state index in [1.807, 2.05) is 12.1 Å². The molecule has 0 spiro atoms. The van der Waals surface area contributed by atoms with Crippen LogP contribution >= 0.6 is 11.8 Å². The number of imidazole rings is 1. The normalized spacial score (nSPS) is 15.8. The summed E-state index contributed by atoms with van der Waals surface area (Å²) in [5.41, 5.74) is 1.71. The number of rotatable bonds is 4. The first-order valence-electron chi connectivity index (χ1n) is 8.59. The van der Waals surface area contributed by atoms with Crippen molar-refractivity contribution in [2.24, 2.45) is 0 Å². The summed E-state index contributed by atoms with van der Waals surface area (Å²) in [6.07, 6.45) is 7.61. The van der Waals surface area contributed by atoms with E-state index in [2.05, 4.69) is 20.6 Å². The average Bonchev–Trinajstić information content (AvgIpc) is 3.22. The second kappa shape index (κ2) is 7.79. The van der Waals surface area contributed by atoms with E-state index in [9.17, 15) is 9.18 Å². The lowest BCUT2D eigenvalue weighted by Gasteiger charge is -2.26. The van der Waals surface area contributed by atoms with Gasteiger partial charge in [0.25, 0.3) is 0 Å². The smallest absolute Gasteiger partial charge is 0.315 e. The zero-order chi connectivity index (χ0) is 18.6. The lowest BCUT2D eigenvalue weighted by atomic mass is 10.0. The van der Waals surface area contributed by atoms with Gasteiger partial charge in [-0.05, 0) is 36.2 Å². The molecular weight excluding hydrogens is 365 g/mol. The Labute approximate surface area is 160 Å². The molecule has 4 rings (SSSR count). The van der Waals surface area contributed by atoms with E-state index in [0.717, 1.165) is 34.0 Å². The first-order valence-corrected chi connectivity index (χ1v) is 9.58. The van der Waals surface area contributed by atoms with Crippen LogP contribution < -0.4 is 10.6 Å². The van der Waals surface area contributed by atoms with Crippen molar-refractivity contribution in [1.29, 1.82) is 0 Å². The third-order valence-electron chi connectivity index (χ3n) is 4.37. The number of urea groups is 1. The Morgan fingerprint density at radius 1 is 1.33 bits per heavy atom. The Morgan fingerprint density at radius 3 is 3.11 bits per heavy atom. The largest absolute Gasteiger partial charge is 0.334 e. The number of carbonyl (C=O) groups is 1. The van der Waals surface area contributed by atoms with Crippen molar-refractivity contribution < 1.29 is 9.18 Å². The summed E-state index contributed by atoms with van der Waals surface area (Å²) in [6.45, 7) is 0.324. The van der Waals surface area contributed by atoms with E-state index in [0.29, 0.717) is 6.54 Å². The molecule has 1 aromatic carbocycles. The monoisotopic (exact) mass is 383 g/mol. The maximum Gasteiger partial charge on any atom is 0.315 e. The number of carbonyl (C=O) groups excluding carboxylic acids is 1. The summed E-state index contributed by atoms with van der Waals surface area (Å²) in [5, 5.41) is 5.83. The summed E-state index contributed by atoms with van der Waals surface area (Å²) in [6, 6.07) is 7.98. The molecule has 6 nitrogen and oxygen atoms in total. The van der Waals surface area contributed by atoms with Crippen LogP contribution in [0.5, 0.6) is 0 Å². The molecule has 138 valence electrons. The molecule has 1 aliphatic rings. The molecule has 0 saturated heterocycles. The summed E-state index contributed by atoms with van der Waals surface area (Å²) in [5.74, 6) is 1.32. The van der Waals surface area contributed by atoms with E-state index < -0.39 is 0 Å². The van der Waals surface area contributed by atoms with Crippen molar-refractivity contribution in [3.63, 3.8) is 0 Å². The number of fused-ring (bicyclic) bond motifs is 1. The number of thioether (sulfide) groups is 1. The Kier molecular flexibility index (Phi) is 5.06. The quantitative estimate of drug-likeness (QED) is 0.724. The minimum Gasteiger partial charge on any atom is -0.334 e. The lowest BCUT2D eigenvalue weighted by molar-refractivity contribution is 0.236. The molecule has 3 aromatic rings. The maximum absolute atomic E-state index is 13.6. The van der Waals surface area contributed by atoms with E-state index in [1.165, 1.54) is 12.1 Å². The van der Waals surface area contributed by atoms with Crippen molar-refractivity contribution in [2.45, 2.75) is 23.9 Å². The molecule has 2 amide bonds. The van der Waals surface area contributed by atoms with Crippen LogP contribution in [-0.2, 0) is 6.54 Å². The molecule has 0 unspecified atom stereocenters. The van der Waals surface area contributed by atoms with Crippen LogP contribution in [0.2, 0.25) is 0 Å². The molecular formula is C19H18FN5OS. The fraction of sp³-hybridized carbons (Fsp3) is 0.211. The molecule has 1 aliphatic heterocycles. The predicted molar refractivity (Wildman–Crippen MR) is 101 cm³/mol. The van der Waals surface area contributed by atoms with Crippen molar-refractivity contribution >= 4 is 17.8 Å². The Morgan fingerprint density at radius 2 is 2.26 bits per heavy atom. The molecule has 0 fully saturated rings. The zero-order valence-electron chi connectivity index (χ0n) is 14.4. The third-order valence-corrected chi connectivity index (χ3v) is 5.50. The van der Waals surface area contributed by atoms with Gasteiger partial charge < -0.3 is 10.6 Å². The van der Waals surface area contributed by atoms with Gasteiger partial charge in [-0.1, -0.05) is 6.07 Å². The Balaban J connectivity index is 1.43. The van der Waals surface area contributed by atoms with E-state index in [-0.39, 0.29) is 17.9 Å². The van der Waals surface area contributed by atoms with E-state index in [1.54, 1.807) is 47.3 Å². The third kappa shape index (κ3) is 3.95. The first-order chi connectivity index (χ1) is 13.2. The predicted octanol–water partition coefficient (Wildman–Crippen LogP) is 3.44. The van der Waals surface area contributed by atoms with Crippen LogP contribution in [-0.4, -0.2) is 26.3 Å². The number of pyridine rings is 1. The summed E-state index contributed by atoms with van der Waals surface area (Å²) in [7, 11) is 0. The van der Waals surface area contributed by atoms with E-state index in [4.69, 9.17) is 0 Å². The van der Waals surface area contributed by atoms with Gasteiger partial charge in [-0.25, -0.2) is 19.2 Å². The summed E-state index contributed by atoms with van der Waals surface area (Å²) >= 11 is 1.68. The highest BCUT2D eigenvalue weighted by Crippen LogP contribution is 2.36. The molecule has 2 aromatic heterocycles. The molecule has 2 N–H and O–H groups in total. The summed E-state index contributed by atoms with van der Waals surface area (Å²) in [4.78, 5) is 21.8. The number of hydrogen-bond acceptors (Lipinski definition) is 4. The fourth-order valence-corrected chi connectivity index (χ4v) is 4.19. The van der Waals surface area contributed by atoms with Gasteiger partial charge in [0.05, 0.1) is 6.04 Å². The highest BCUT2D eigenvalue weighted by atomic mass is 32.2. The molecule has 1 atom stereocenters. The first kappa shape index (κ1) is 17.5. The maximum atomic E-state index is 13.6. The van der Waals surface area contributed by atoms with Crippen LogP contribution in [0.15, 0.2) is 60.1 Å². The summed E-state index contributed by atoms with van der Waals surface area (Å²) < 4.78 is 15.4. The number of halogens is 1. The molecule has 0 saturated carbocycles. The minimum atomic E-state index is -0.289. The van der Waals surface area contributed by atoms with Gasteiger partial charge in [0, 0.05) is 41.3 Å². The molecule has 8 heteroatoms. The van der Waals surface area contributed by atoms with Crippen LogP contribution in [0.1, 0.15) is 23.6 Å². The van der Waals surface area contributed by atoms with Crippen molar-refractivity contribution in [3.05, 3.63) is 72.2 Å². The molecule has 0 aliphatic carbocycles. The number of nitrogens with one attached hydrogen (secondary N) is 2. The van der Waals surface area contributed by atoms with Gasteiger partial charge in [-0.15, -0.1) is 11.8 Å². The molecule has 3 heterocycles. The number of nitrogens with zero attached hydrogens (tertiary/aromatic N) is 3. The topological polar surface area (TPSA) is 71.8 Å². The van der Waals surface area contributed by atoms with E-state index >= 15 is 0 Å². The molecule has 0 radical (unpaired) electrons.